The molecule has 0 amide bonds. The van der Waals surface area contributed by atoms with E-state index in [1.165, 1.54) is 0 Å². The fourth-order valence-electron chi connectivity index (χ4n) is 3.98. The van der Waals surface area contributed by atoms with Gasteiger partial charge in [-0.1, -0.05) is 30.3 Å². The maximum Gasteiger partial charge on any atom is 0.340 e. The van der Waals surface area contributed by atoms with Crippen molar-refractivity contribution >= 4 is 5.97 Å². The van der Waals surface area contributed by atoms with E-state index in [0.717, 1.165) is 25.7 Å². The summed E-state index contributed by atoms with van der Waals surface area (Å²) in [6.45, 7) is 0. The van der Waals surface area contributed by atoms with Crippen LogP contribution in [0.3, 0.4) is 0 Å². The Morgan fingerprint density at radius 1 is 1.20 bits per heavy atom. The molecule has 3 unspecified atom stereocenters. The first-order chi connectivity index (χ1) is 9.53. The summed E-state index contributed by atoms with van der Waals surface area (Å²) in [4.78, 5) is 14.1. The molecule has 0 aliphatic carbocycles. The Labute approximate surface area is 119 Å². The van der Waals surface area contributed by atoms with Gasteiger partial charge in [-0.3, -0.25) is 0 Å². The van der Waals surface area contributed by atoms with Crippen LogP contribution in [0.4, 0.5) is 0 Å². The summed E-state index contributed by atoms with van der Waals surface area (Å²) in [5.74, 6) is -1.34. The van der Waals surface area contributed by atoms with Crippen molar-refractivity contribution in [2.75, 3.05) is 7.05 Å². The second-order valence-corrected chi connectivity index (χ2v) is 6.16. The van der Waals surface area contributed by atoms with E-state index in [1.807, 2.05) is 6.07 Å². The van der Waals surface area contributed by atoms with Crippen molar-refractivity contribution in [3.63, 3.8) is 0 Å². The minimum absolute atomic E-state index is 0.212. The standard InChI is InChI=1S/C16H21NO3/c1-17-13-7-8-14(17)10-12(9-13)16(20,15(18)19)11-5-3-2-4-6-11/h2-6,12-14,20H,7-10H2,1H3,(H,18,19). The summed E-state index contributed by atoms with van der Waals surface area (Å²) in [6.07, 6.45) is 3.74. The maximum atomic E-state index is 11.8. The van der Waals surface area contributed by atoms with E-state index in [4.69, 9.17) is 0 Å². The van der Waals surface area contributed by atoms with Gasteiger partial charge in [0.25, 0.3) is 0 Å². The molecule has 3 atom stereocenters. The Balaban J connectivity index is 1.94. The molecule has 3 rings (SSSR count). The summed E-state index contributed by atoms with van der Waals surface area (Å²) in [7, 11) is 2.11. The molecule has 1 aromatic carbocycles. The molecule has 1 aromatic rings. The minimum atomic E-state index is -1.76. The SMILES string of the molecule is CN1C2CCC1CC(C(O)(C(=O)O)c1ccccc1)C2. The van der Waals surface area contributed by atoms with Crippen LogP contribution in [0, 0.1) is 5.92 Å². The Morgan fingerprint density at radius 3 is 2.25 bits per heavy atom. The van der Waals surface area contributed by atoms with E-state index in [-0.39, 0.29) is 5.92 Å². The van der Waals surface area contributed by atoms with Crippen LogP contribution in [-0.2, 0) is 10.4 Å². The lowest BCUT2D eigenvalue weighted by atomic mass is 9.74. The fourth-order valence-corrected chi connectivity index (χ4v) is 3.98. The molecule has 4 nitrogen and oxygen atoms in total. The topological polar surface area (TPSA) is 60.8 Å². The van der Waals surface area contributed by atoms with Crippen LogP contribution < -0.4 is 0 Å². The number of rotatable bonds is 3. The average molecular weight is 275 g/mol. The Hall–Kier alpha value is -1.39. The number of carboxylic acid groups (broad SMARTS) is 1. The number of aliphatic hydroxyl groups is 1. The predicted octanol–water partition coefficient (Wildman–Crippen LogP) is 1.83. The first-order valence-corrected chi connectivity index (χ1v) is 7.26. The monoisotopic (exact) mass is 275 g/mol. The average Bonchev–Trinajstić information content (AvgIpc) is 2.68. The van der Waals surface area contributed by atoms with Crippen molar-refractivity contribution in [1.82, 2.24) is 4.90 Å². The van der Waals surface area contributed by atoms with Gasteiger partial charge in [0, 0.05) is 18.0 Å². The first kappa shape index (κ1) is 13.6. The van der Waals surface area contributed by atoms with E-state index in [0.29, 0.717) is 17.6 Å². The zero-order valence-electron chi connectivity index (χ0n) is 11.7. The van der Waals surface area contributed by atoms with E-state index in [9.17, 15) is 15.0 Å². The van der Waals surface area contributed by atoms with Crippen LogP contribution in [0.5, 0.6) is 0 Å². The number of benzene rings is 1. The highest BCUT2D eigenvalue weighted by molar-refractivity contribution is 5.79. The summed E-state index contributed by atoms with van der Waals surface area (Å²) in [5.41, 5.74) is -1.26. The Morgan fingerprint density at radius 2 is 1.75 bits per heavy atom. The third-order valence-electron chi connectivity index (χ3n) is 5.23. The lowest BCUT2D eigenvalue weighted by Crippen LogP contribution is -2.51. The predicted molar refractivity (Wildman–Crippen MR) is 75.3 cm³/mol. The molecule has 2 bridgehead atoms. The van der Waals surface area contributed by atoms with Crippen molar-refractivity contribution in [2.24, 2.45) is 5.92 Å². The maximum absolute atomic E-state index is 11.8. The quantitative estimate of drug-likeness (QED) is 0.883. The number of aliphatic carboxylic acids is 1. The molecule has 0 radical (unpaired) electrons. The van der Waals surface area contributed by atoms with Crippen molar-refractivity contribution in [3.8, 4) is 0 Å². The van der Waals surface area contributed by atoms with Gasteiger partial charge in [0.05, 0.1) is 0 Å². The molecule has 108 valence electrons. The lowest BCUT2D eigenvalue weighted by molar-refractivity contribution is -0.170. The molecule has 4 heteroatoms. The molecule has 2 fully saturated rings. The van der Waals surface area contributed by atoms with Crippen LogP contribution >= 0.6 is 0 Å². The molecule has 20 heavy (non-hydrogen) atoms. The largest absolute Gasteiger partial charge is 0.479 e. The van der Waals surface area contributed by atoms with E-state index in [1.54, 1.807) is 24.3 Å². The number of piperidine rings is 1. The van der Waals surface area contributed by atoms with Crippen molar-refractivity contribution in [2.45, 2.75) is 43.4 Å². The van der Waals surface area contributed by atoms with Crippen LogP contribution in [0.15, 0.2) is 30.3 Å². The zero-order valence-corrected chi connectivity index (χ0v) is 11.7. The van der Waals surface area contributed by atoms with E-state index in [2.05, 4.69) is 11.9 Å². The van der Waals surface area contributed by atoms with E-state index < -0.39 is 11.6 Å². The smallest absolute Gasteiger partial charge is 0.340 e. The molecule has 0 aromatic heterocycles. The van der Waals surface area contributed by atoms with Gasteiger partial charge in [0.2, 0.25) is 0 Å². The zero-order chi connectivity index (χ0) is 14.3. The van der Waals surface area contributed by atoms with Gasteiger partial charge >= 0.3 is 5.97 Å². The highest BCUT2D eigenvalue weighted by Gasteiger charge is 2.51. The highest BCUT2D eigenvalue weighted by atomic mass is 16.4. The van der Waals surface area contributed by atoms with Gasteiger partial charge in [-0.25, -0.2) is 4.79 Å². The van der Waals surface area contributed by atoms with Gasteiger partial charge in [-0.2, -0.15) is 0 Å². The molecule has 2 aliphatic rings. The third kappa shape index (κ3) is 1.95. The lowest BCUT2D eigenvalue weighted by Gasteiger charge is -2.42. The van der Waals surface area contributed by atoms with Gasteiger partial charge in [0.15, 0.2) is 5.60 Å². The number of carbonyl (C=O) groups is 1. The minimum Gasteiger partial charge on any atom is -0.479 e. The molecule has 2 heterocycles. The second-order valence-electron chi connectivity index (χ2n) is 6.16. The fraction of sp³-hybridized carbons (Fsp3) is 0.562. The number of hydrogen-bond acceptors (Lipinski definition) is 3. The Bertz CT molecular complexity index is 490. The number of fused-ring (bicyclic) bond motifs is 2. The molecule has 0 spiro atoms. The molecule has 2 N–H and O–H groups in total. The summed E-state index contributed by atoms with van der Waals surface area (Å²) >= 11 is 0. The van der Waals surface area contributed by atoms with Crippen molar-refractivity contribution in [1.29, 1.82) is 0 Å². The van der Waals surface area contributed by atoms with Crippen LogP contribution in [0.2, 0.25) is 0 Å². The van der Waals surface area contributed by atoms with Gasteiger partial charge in [-0.05, 0) is 38.3 Å². The van der Waals surface area contributed by atoms with Crippen molar-refractivity contribution < 1.29 is 15.0 Å². The van der Waals surface area contributed by atoms with Crippen molar-refractivity contribution in [3.05, 3.63) is 35.9 Å². The number of carboxylic acids is 1. The summed E-state index contributed by atoms with van der Waals surface area (Å²) in [5, 5.41) is 20.5. The molecule has 2 saturated heterocycles. The van der Waals surface area contributed by atoms with Crippen LogP contribution in [-0.4, -0.2) is 40.2 Å². The van der Waals surface area contributed by atoms with Crippen LogP contribution in [0.1, 0.15) is 31.2 Å². The van der Waals surface area contributed by atoms with Crippen LogP contribution in [0.25, 0.3) is 0 Å². The van der Waals surface area contributed by atoms with Gasteiger partial charge < -0.3 is 15.1 Å². The van der Waals surface area contributed by atoms with E-state index >= 15 is 0 Å². The van der Waals surface area contributed by atoms with Gasteiger partial charge in [0.1, 0.15) is 0 Å². The highest BCUT2D eigenvalue weighted by Crippen LogP contribution is 2.45. The summed E-state index contributed by atoms with van der Waals surface area (Å²) < 4.78 is 0. The summed E-state index contributed by atoms with van der Waals surface area (Å²) in [6, 6.07) is 9.66. The molecular formula is C16H21NO3. The molecular weight excluding hydrogens is 254 g/mol. The second kappa shape index (κ2) is 4.86. The third-order valence-corrected chi connectivity index (χ3v) is 5.23. The first-order valence-electron chi connectivity index (χ1n) is 7.26. The van der Waals surface area contributed by atoms with Gasteiger partial charge in [-0.15, -0.1) is 0 Å². The normalized spacial score (nSPS) is 32.8. The number of hydrogen-bond donors (Lipinski definition) is 2. The molecule has 2 aliphatic heterocycles. The Kier molecular flexibility index (Phi) is 3.30. The number of nitrogens with zero attached hydrogens (tertiary/aromatic N) is 1. The molecule has 0 saturated carbocycles.